The number of nitrogens with zero attached hydrogens (tertiary/aromatic N) is 6. The van der Waals surface area contributed by atoms with E-state index in [2.05, 4.69) is 44.6 Å². The summed E-state index contributed by atoms with van der Waals surface area (Å²) < 4.78 is 13.4. The third-order valence-corrected chi connectivity index (χ3v) is 7.09. The topological polar surface area (TPSA) is 103 Å². The van der Waals surface area contributed by atoms with Crippen LogP contribution >= 0.6 is 11.3 Å². The van der Waals surface area contributed by atoms with Gasteiger partial charge in [0, 0.05) is 28.6 Å². The molecule has 0 aromatic carbocycles. The molecule has 10 heteroatoms. The van der Waals surface area contributed by atoms with Gasteiger partial charge in [-0.25, -0.2) is 9.50 Å². The Morgan fingerprint density at radius 1 is 1.35 bits per heavy atom. The zero-order chi connectivity index (χ0) is 21.3. The summed E-state index contributed by atoms with van der Waals surface area (Å²) in [5.74, 6) is 1.76. The number of ether oxygens (including phenoxy) is 1. The molecule has 5 heterocycles. The van der Waals surface area contributed by atoms with Crippen LogP contribution in [0.1, 0.15) is 32.4 Å². The third-order valence-electron chi connectivity index (χ3n) is 6.25. The van der Waals surface area contributed by atoms with Crippen LogP contribution in [0.4, 0.5) is 0 Å². The lowest BCUT2D eigenvalue weighted by Crippen LogP contribution is -2.50. The van der Waals surface area contributed by atoms with Gasteiger partial charge in [0.2, 0.25) is 4.96 Å². The number of imidazole rings is 1. The van der Waals surface area contributed by atoms with Crippen LogP contribution in [0.15, 0.2) is 41.4 Å². The Bertz CT molecular complexity index is 1090. The largest absolute Gasteiger partial charge is 0.469 e. The van der Waals surface area contributed by atoms with E-state index in [-0.39, 0.29) is 5.41 Å². The molecule has 0 spiro atoms. The van der Waals surface area contributed by atoms with Crippen LogP contribution < -0.4 is 10.1 Å². The van der Waals surface area contributed by atoms with E-state index < -0.39 is 0 Å². The normalized spacial score (nSPS) is 21.7. The Morgan fingerprint density at radius 3 is 2.97 bits per heavy atom. The quantitative estimate of drug-likeness (QED) is 0.468. The van der Waals surface area contributed by atoms with Gasteiger partial charge in [-0.15, -0.1) is 10.2 Å². The minimum atomic E-state index is -0.144. The summed E-state index contributed by atoms with van der Waals surface area (Å²) >= 11 is 1.45. The molecule has 1 N–H and O–H groups in total. The summed E-state index contributed by atoms with van der Waals surface area (Å²) in [4.78, 5) is 9.52. The van der Waals surface area contributed by atoms with Gasteiger partial charge in [0.25, 0.3) is 5.19 Å². The number of rotatable bonds is 7. The molecule has 162 valence electrons. The first-order valence-corrected chi connectivity index (χ1v) is 11.4. The maximum atomic E-state index is 6.08. The summed E-state index contributed by atoms with van der Waals surface area (Å²) in [6.07, 6.45) is 8.98. The minimum absolute atomic E-state index is 0.144. The van der Waals surface area contributed by atoms with Crippen molar-refractivity contribution in [2.45, 2.75) is 32.1 Å². The summed E-state index contributed by atoms with van der Waals surface area (Å²) in [5, 5.41) is 16.4. The van der Waals surface area contributed by atoms with Crippen molar-refractivity contribution in [2.75, 3.05) is 19.7 Å². The van der Waals surface area contributed by atoms with Crippen molar-refractivity contribution in [1.82, 2.24) is 35.3 Å². The molecule has 0 saturated carbocycles. The average Bonchev–Trinajstić information content (AvgIpc) is 3.51. The van der Waals surface area contributed by atoms with Crippen molar-refractivity contribution in [1.29, 1.82) is 0 Å². The maximum absolute atomic E-state index is 6.08. The van der Waals surface area contributed by atoms with E-state index in [4.69, 9.17) is 9.26 Å². The van der Waals surface area contributed by atoms with Crippen molar-refractivity contribution >= 4 is 16.3 Å². The number of fused-ring (bicyclic) bond motifs is 1. The Kier molecular flexibility index (Phi) is 5.41. The second-order valence-electron chi connectivity index (χ2n) is 8.30. The van der Waals surface area contributed by atoms with E-state index in [9.17, 15) is 0 Å². The molecule has 31 heavy (non-hydrogen) atoms. The molecule has 1 unspecified atom stereocenters. The van der Waals surface area contributed by atoms with E-state index in [1.807, 2.05) is 18.3 Å². The van der Waals surface area contributed by atoms with Crippen LogP contribution in [-0.2, 0) is 5.41 Å². The molecule has 4 aromatic rings. The lowest BCUT2D eigenvalue weighted by Gasteiger charge is -2.44. The molecule has 5 rings (SSSR count). The number of pyridine rings is 1. The van der Waals surface area contributed by atoms with E-state index >= 15 is 0 Å². The fraction of sp³-hybridized carbons (Fsp3) is 0.476. The lowest BCUT2D eigenvalue weighted by atomic mass is 9.63. The lowest BCUT2D eigenvalue weighted by molar-refractivity contribution is 0.0900. The molecular weight excluding hydrogens is 414 g/mol. The zero-order valence-corrected chi connectivity index (χ0v) is 18.4. The van der Waals surface area contributed by atoms with Gasteiger partial charge in [-0.05, 0) is 61.2 Å². The first-order chi connectivity index (χ1) is 15.2. The number of hydrogen-bond acceptors (Lipinski definition) is 9. The SMILES string of the molecule is CC(C)C1CNCC[C@]1(CCOc1nn2cc(-c3ccncc3)nc2s1)c1cnno1. The average molecular weight is 440 g/mol. The van der Waals surface area contributed by atoms with Gasteiger partial charge in [0.1, 0.15) is 0 Å². The van der Waals surface area contributed by atoms with Crippen molar-refractivity contribution in [3.8, 4) is 16.5 Å². The Labute approximate surface area is 183 Å². The molecule has 4 aromatic heterocycles. The van der Waals surface area contributed by atoms with Crippen molar-refractivity contribution < 1.29 is 9.26 Å². The van der Waals surface area contributed by atoms with E-state index in [0.29, 0.717) is 23.6 Å². The first kappa shape index (κ1) is 20.1. The Morgan fingerprint density at radius 2 is 2.23 bits per heavy atom. The second kappa shape index (κ2) is 8.35. The molecule has 1 aliphatic heterocycles. The highest BCUT2D eigenvalue weighted by atomic mass is 32.1. The third kappa shape index (κ3) is 3.81. The van der Waals surface area contributed by atoms with Gasteiger partial charge in [-0.2, -0.15) is 0 Å². The molecule has 1 saturated heterocycles. The fourth-order valence-corrected chi connectivity index (χ4v) is 5.43. The smallest absolute Gasteiger partial charge is 0.294 e. The van der Waals surface area contributed by atoms with Crippen molar-refractivity contribution in [2.24, 2.45) is 11.8 Å². The molecule has 0 amide bonds. The number of piperidine rings is 1. The maximum Gasteiger partial charge on any atom is 0.294 e. The molecular formula is C21H25N7O2S. The number of hydrogen-bond donors (Lipinski definition) is 1. The van der Waals surface area contributed by atoms with Gasteiger partial charge in [-0.1, -0.05) is 13.8 Å². The van der Waals surface area contributed by atoms with Gasteiger partial charge >= 0.3 is 0 Å². The van der Waals surface area contributed by atoms with Crippen LogP contribution in [0.25, 0.3) is 16.2 Å². The van der Waals surface area contributed by atoms with Gasteiger partial charge < -0.3 is 14.6 Å². The van der Waals surface area contributed by atoms with Crippen LogP contribution in [0.5, 0.6) is 5.19 Å². The summed E-state index contributed by atoms with van der Waals surface area (Å²) in [6, 6.07) is 3.87. The van der Waals surface area contributed by atoms with Gasteiger partial charge in [-0.3, -0.25) is 4.98 Å². The molecule has 0 radical (unpaired) electrons. The predicted molar refractivity (Wildman–Crippen MR) is 116 cm³/mol. The highest BCUT2D eigenvalue weighted by Crippen LogP contribution is 2.44. The second-order valence-corrected chi connectivity index (χ2v) is 9.22. The van der Waals surface area contributed by atoms with Crippen LogP contribution in [0.2, 0.25) is 0 Å². The standard InChI is InChI=1S/C21H25N7O2S/c1-14(2)16-11-23-9-5-21(16,18-12-24-27-30-18)6-10-29-20-26-28-13-17(25-19(28)31-20)15-3-7-22-8-4-15/h3-4,7-8,12-14,16,23H,5-6,9-11H2,1-2H3/t16?,21-/m1/s1. The number of nitrogens with one attached hydrogen (secondary N) is 1. The molecule has 1 fully saturated rings. The molecule has 9 nitrogen and oxygen atoms in total. The predicted octanol–water partition coefficient (Wildman–Crippen LogP) is 3.21. The van der Waals surface area contributed by atoms with E-state index in [1.54, 1.807) is 23.1 Å². The first-order valence-electron chi connectivity index (χ1n) is 10.5. The van der Waals surface area contributed by atoms with Crippen LogP contribution in [-0.4, -0.2) is 49.6 Å². The summed E-state index contributed by atoms with van der Waals surface area (Å²) in [7, 11) is 0. The molecule has 0 aliphatic carbocycles. The van der Waals surface area contributed by atoms with Gasteiger partial charge in [0.05, 0.1) is 24.7 Å². The zero-order valence-electron chi connectivity index (χ0n) is 17.6. The van der Waals surface area contributed by atoms with Crippen LogP contribution in [0.3, 0.4) is 0 Å². The van der Waals surface area contributed by atoms with Crippen molar-refractivity contribution in [3.05, 3.63) is 42.7 Å². The van der Waals surface area contributed by atoms with Crippen molar-refractivity contribution in [3.63, 3.8) is 0 Å². The van der Waals surface area contributed by atoms with Crippen LogP contribution in [0, 0.1) is 11.8 Å². The molecule has 1 aliphatic rings. The Hall–Kier alpha value is -2.85. The minimum Gasteiger partial charge on any atom is -0.469 e. The number of aromatic nitrogens is 6. The summed E-state index contributed by atoms with van der Waals surface area (Å²) in [5.41, 5.74) is 1.75. The highest BCUT2D eigenvalue weighted by molar-refractivity contribution is 7.18. The van der Waals surface area contributed by atoms with Gasteiger partial charge in [0.15, 0.2) is 5.76 Å². The fourth-order valence-electron chi connectivity index (χ4n) is 4.67. The highest BCUT2D eigenvalue weighted by Gasteiger charge is 2.46. The summed E-state index contributed by atoms with van der Waals surface area (Å²) in [6.45, 7) is 6.94. The molecule has 2 atom stereocenters. The van der Waals surface area contributed by atoms with E-state index in [0.717, 1.165) is 47.9 Å². The molecule has 0 bridgehead atoms. The monoisotopic (exact) mass is 439 g/mol. The van der Waals surface area contributed by atoms with E-state index in [1.165, 1.54) is 11.3 Å². The Balaban J connectivity index is 1.31.